The van der Waals surface area contributed by atoms with Crippen LogP contribution >= 0.6 is 11.6 Å². The second-order valence-corrected chi connectivity index (χ2v) is 6.67. The van der Waals surface area contributed by atoms with Crippen LogP contribution in [0.25, 0.3) is 10.9 Å². The number of hydrogen-bond acceptors (Lipinski definition) is 5. The van der Waals surface area contributed by atoms with Gasteiger partial charge in [0.2, 0.25) is 0 Å². The summed E-state index contributed by atoms with van der Waals surface area (Å²) in [6.45, 7) is 0. The number of rotatable bonds is 4. The zero-order valence-electron chi connectivity index (χ0n) is 12.1. The summed E-state index contributed by atoms with van der Waals surface area (Å²) in [6.07, 6.45) is 1.47. The second-order valence-electron chi connectivity index (χ2n) is 4.68. The van der Waals surface area contributed by atoms with E-state index in [4.69, 9.17) is 20.5 Å². The molecule has 0 fully saturated rings. The maximum absolute atomic E-state index is 12.4. The van der Waals surface area contributed by atoms with Crippen molar-refractivity contribution < 1.29 is 17.3 Å². The Kier molecular flexibility index (Phi) is 4.11. The molecule has 1 aromatic heterocycles. The molecule has 0 N–H and O–H groups in total. The van der Waals surface area contributed by atoms with Crippen LogP contribution in [0, 0.1) is 0 Å². The number of fused-ring (bicyclic) bond motifs is 1. The van der Waals surface area contributed by atoms with Crippen molar-refractivity contribution in [2.45, 2.75) is 4.90 Å². The highest BCUT2D eigenvalue weighted by Crippen LogP contribution is 2.29. The lowest BCUT2D eigenvalue weighted by Crippen LogP contribution is -2.10. The van der Waals surface area contributed by atoms with E-state index in [1.54, 1.807) is 30.3 Å². The van der Waals surface area contributed by atoms with Gasteiger partial charge in [0.1, 0.15) is 10.6 Å². The van der Waals surface area contributed by atoms with Gasteiger partial charge in [-0.2, -0.15) is 8.42 Å². The van der Waals surface area contributed by atoms with E-state index in [2.05, 4.69) is 4.98 Å². The number of pyridine rings is 1. The molecule has 118 valence electrons. The van der Waals surface area contributed by atoms with E-state index in [0.29, 0.717) is 21.7 Å². The summed E-state index contributed by atoms with van der Waals surface area (Å²) in [7, 11) is -2.45. The number of ether oxygens (including phenoxy) is 1. The number of halogens is 1. The van der Waals surface area contributed by atoms with Crippen molar-refractivity contribution in [1.82, 2.24) is 4.98 Å². The van der Waals surface area contributed by atoms with Gasteiger partial charge in [0.25, 0.3) is 0 Å². The van der Waals surface area contributed by atoms with E-state index in [0.717, 1.165) is 0 Å². The fraction of sp³-hybridized carbons (Fsp3) is 0.0625. The van der Waals surface area contributed by atoms with Gasteiger partial charge in [-0.05, 0) is 42.5 Å². The van der Waals surface area contributed by atoms with Crippen LogP contribution in [-0.2, 0) is 10.1 Å². The molecule has 5 nitrogen and oxygen atoms in total. The van der Waals surface area contributed by atoms with E-state index >= 15 is 0 Å². The third-order valence-corrected chi connectivity index (χ3v) is 4.70. The molecule has 0 aliphatic carbocycles. The molecule has 0 amide bonds. The Hall–Kier alpha value is -2.31. The summed E-state index contributed by atoms with van der Waals surface area (Å²) >= 11 is 5.92. The molecule has 1 heterocycles. The maximum atomic E-state index is 12.4. The fourth-order valence-corrected chi connectivity index (χ4v) is 3.19. The summed E-state index contributed by atoms with van der Waals surface area (Å²) in [5.41, 5.74) is 0.555. The van der Waals surface area contributed by atoms with E-state index in [1.165, 1.54) is 31.5 Å². The van der Waals surface area contributed by atoms with Crippen LogP contribution in [0.5, 0.6) is 11.5 Å². The Balaban J connectivity index is 2.00. The quantitative estimate of drug-likeness (QED) is 0.672. The zero-order valence-corrected chi connectivity index (χ0v) is 13.6. The molecule has 0 aliphatic heterocycles. The lowest BCUT2D eigenvalue weighted by molar-refractivity contribution is 0.414. The molecule has 7 heteroatoms. The first-order valence-corrected chi connectivity index (χ1v) is 8.41. The van der Waals surface area contributed by atoms with Crippen molar-refractivity contribution in [2.24, 2.45) is 0 Å². The highest BCUT2D eigenvalue weighted by atomic mass is 35.5. The van der Waals surface area contributed by atoms with E-state index in [9.17, 15) is 8.42 Å². The van der Waals surface area contributed by atoms with Gasteiger partial charge in [-0.25, -0.2) is 0 Å². The Labute approximate surface area is 138 Å². The molecule has 0 aliphatic rings. The Morgan fingerprint density at radius 2 is 1.78 bits per heavy atom. The minimum atomic E-state index is -3.96. The number of hydrogen-bond donors (Lipinski definition) is 0. The van der Waals surface area contributed by atoms with E-state index < -0.39 is 10.1 Å². The summed E-state index contributed by atoms with van der Waals surface area (Å²) in [6, 6.07) is 12.4. The first-order chi connectivity index (χ1) is 11.0. The van der Waals surface area contributed by atoms with Gasteiger partial charge in [-0.1, -0.05) is 11.6 Å². The van der Waals surface area contributed by atoms with Crippen molar-refractivity contribution >= 4 is 32.6 Å². The predicted octanol–water partition coefficient (Wildman–Crippen LogP) is 3.66. The average molecular weight is 350 g/mol. The fourth-order valence-electron chi connectivity index (χ4n) is 2.08. The molecular formula is C16H12ClNO4S. The average Bonchev–Trinajstić information content (AvgIpc) is 2.54. The van der Waals surface area contributed by atoms with Gasteiger partial charge < -0.3 is 8.92 Å². The topological polar surface area (TPSA) is 65.5 Å². The predicted molar refractivity (Wildman–Crippen MR) is 87.6 cm³/mol. The molecule has 0 atom stereocenters. The highest BCUT2D eigenvalue weighted by Gasteiger charge is 2.18. The van der Waals surface area contributed by atoms with Gasteiger partial charge in [0.05, 0.1) is 12.6 Å². The van der Waals surface area contributed by atoms with Crippen molar-refractivity contribution in [1.29, 1.82) is 0 Å². The number of benzene rings is 2. The normalized spacial score (nSPS) is 11.4. The Morgan fingerprint density at radius 3 is 2.48 bits per heavy atom. The smallest absolute Gasteiger partial charge is 0.339 e. The first kappa shape index (κ1) is 15.6. The molecule has 3 aromatic rings. The van der Waals surface area contributed by atoms with E-state index in [1.807, 2.05) is 0 Å². The highest BCUT2D eigenvalue weighted by molar-refractivity contribution is 7.87. The third-order valence-electron chi connectivity index (χ3n) is 3.21. The summed E-state index contributed by atoms with van der Waals surface area (Å²) in [5.74, 6) is 0.760. The largest absolute Gasteiger partial charge is 0.497 e. The zero-order chi connectivity index (χ0) is 16.4. The molecule has 3 rings (SSSR count). The van der Waals surface area contributed by atoms with Gasteiger partial charge in [-0.15, -0.1) is 0 Å². The number of nitrogens with zero attached hydrogens (tertiary/aromatic N) is 1. The van der Waals surface area contributed by atoms with Crippen molar-refractivity contribution in [3.8, 4) is 11.5 Å². The third kappa shape index (κ3) is 3.23. The standard InChI is InChI=1S/C16H12ClNO4S/c1-21-12-3-5-13(6-4-12)23(19,20)22-16-8-9-18-15-10-11(17)2-7-14(15)16/h2-10H,1H3. The van der Waals surface area contributed by atoms with Gasteiger partial charge in [0, 0.05) is 22.7 Å². The maximum Gasteiger partial charge on any atom is 0.339 e. The number of methoxy groups -OCH3 is 1. The van der Waals surface area contributed by atoms with E-state index in [-0.39, 0.29) is 10.6 Å². The van der Waals surface area contributed by atoms with Gasteiger partial charge in [-0.3, -0.25) is 4.98 Å². The molecule has 0 saturated carbocycles. The Morgan fingerprint density at radius 1 is 1.04 bits per heavy atom. The number of aromatic nitrogens is 1. The van der Waals surface area contributed by atoms with Crippen LogP contribution in [0.1, 0.15) is 0 Å². The SMILES string of the molecule is COc1ccc(S(=O)(=O)Oc2ccnc3cc(Cl)ccc23)cc1. The van der Waals surface area contributed by atoms with Crippen LogP contribution in [0.2, 0.25) is 5.02 Å². The second kappa shape index (κ2) is 6.06. The first-order valence-electron chi connectivity index (χ1n) is 6.62. The van der Waals surface area contributed by atoms with Gasteiger partial charge >= 0.3 is 10.1 Å². The molecule has 0 spiro atoms. The van der Waals surface area contributed by atoms with Crippen molar-refractivity contribution in [3.63, 3.8) is 0 Å². The monoisotopic (exact) mass is 349 g/mol. The molecular weight excluding hydrogens is 338 g/mol. The molecule has 23 heavy (non-hydrogen) atoms. The summed E-state index contributed by atoms with van der Waals surface area (Å²) in [4.78, 5) is 4.19. The van der Waals surface area contributed by atoms with Crippen LogP contribution in [-0.4, -0.2) is 20.5 Å². The minimum absolute atomic E-state index is 0.0391. The van der Waals surface area contributed by atoms with Crippen molar-refractivity contribution in [2.75, 3.05) is 7.11 Å². The molecule has 0 saturated heterocycles. The minimum Gasteiger partial charge on any atom is -0.497 e. The van der Waals surface area contributed by atoms with Crippen LogP contribution in [0.3, 0.4) is 0 Å². The lowest BCUT2D eigenvalue weighted by Gasteiger charge is -2.10. The molecule has 0 radical (unpaired) electrons. The Bertz CT molecular complexity index is 955. The molecule has 0 bridgehead atoms. The van der Waals surface area contributed by atoms with Crippen LogP contribution in [0.15, 0.2) is 59.6 Å². The summed E-state index contributed by atoms with van der Waals surface area (Å²) in [5, 5.41) is 1.08. The van der Waals surface area contributed by atoms with Crippen LogP contribution < -0.4 is 8.92 Å². The van der Waals surface area contributed by atoms with Gasteiger partial charge in [0.15, 0.2) is 5.75 Å². The molecule has 0 unspecified atom stereocenters. The van der Waals surface area contributed by atoms with Crippen molar-refractivity contribution in [3.05, 3.63) is 59.8 Å². The summed E-state index contributed by atoms with van der Waals surface area (Å²) < 4.78 is 35.1. The van der Waals surface area contributed by atoms with Crippen LogP contribution in [0.4, 0.5) is 0 Å². The lowest BCUT2D eigenvalue weighted by atomic mass is 10.2. The molecule has 2 aromatic carbocycles.